The smallest absolute Gasteiger partial charge is 0.271 e. The minimum Gasteiger partial charge on any atom is -0.506 e. The molecule has 0 aliphatic heterocycles. The second-order valence-corrected chi connectivity index (χ2v) is 6.99. The molecular weight excluding hydrogens is 506 g/mol. The Hall–Kier alpha value is -0.830. The van der Waals surface area contributed by atoms with Crippen molar-refractivity contribution >= 4 is 73.8 Å². The lowest BCUT2D eigenvalue weighted by Crippen LogP contribution is -2.17. The van der Waals surface area contributed by atoms with E-state index in [2.05, 4.69) is 26.5 Å². The molecule has 0 bridgehead atoms. The predicted octanol–water partition coefficient (Wildman–Crippen LogP) is 4.83. The Kier molecular flexibility index (Phi) is 6.08. The summed E-state index contributed by atoms with van der Waals surface area (Å²) >= 11 is 16.9. The minimum atomic E-state index is -0.401. The summed E-state index contributed by atoms with van der Waals surface area (Å²) in [6, 6.07) is 7.98. The van der Waals surface area contributed by atoms with Crippen LogP contribution in [0.4, 0.5) is 0 Å². The highest BCUT2D eigenvalue weighted by Crippen LogP contribution is 2.29. The molecule has 0 radical (unpaired) electrons. The lowest BCUT2D eigenvalue weighted by molar-refractivity contribution is 0.0955. The van der Waals surface area contributed by atoms with Crippen molar-refractivity contribution in [2.45, 2.75) is 0 Å². The lowest BCUT2D eigenvalue weighted by Gasteiger charge is -2.03. The highest BCUT2D eigenvalue weighted by atomic mass is 127. The van der Waals surface area contributed by atoms with Crippen LogP contribution in [0, 0.1) is 3.57 Å². The third kappa shape index (κ3) is 4.34. The first-order valence-electron chi connectivity index (χ1n) is 5.85. The Morgan fingerprint density at radius 1 is 1.27 bits per heavy atom. The van der Waals surface area contributed by atoms with E-state index >= 15 is 0 Å². The van der Waals surface area contributed by atoms with Gasteiger partial charge in [0, 0.05) is 5.56 Å². The molecule has 0 unspecified atom stereocenters. The summed E-state index contributed by atoms with van der Waals surface area (Å²) in [6.07, 6.45) is 1.47. The largest absolute Gasteiger partial charge is 0.506 e. The first kappa shape index (κ1) is 17.5. The molecule has 2 rings (SSSR count). The number of rotatable bonds is 3. The zero-order valence-electron chi connectivity index (χ0n) is 10.8. The van der Waals surface area contributed by atoms with Crippen molar-refractivity contribution in [3.63, 3.8) is 0 Å². The predicted molar refractivity (Wildman–Crippen MR) is 100 cm³/mol. The Morgan fingerprint density at radius 3 is 2.64 bits per heavy atom. The fourth-order valence-corrected chi connectivity index (χ4v) is 3.32. The van der Waals surface area contributed by atoms with E-state index in [0.29, 0.717) is 23.7 Å². The van der Waals surface area contributed by atoms with Gasteiger partial charge in [0.1, 0.15) is 5.75 Å². The molecule has 0 heterocycles. The second-order valence-electron chi connectivity index (χ2n) is 4.16. The topological polar surface area (TPSA) is 61.7 Å². The molecule has 1 amide bonds. The van der Waals surface area contributed by atoms with Gasteiger partial charge in [-0.1, -0.05) is 23.2 Å². The van der Waals surface area contributed by atoms with Gasteiger partial charge in [-0.05, 0) is 74.4 Å². The highest BCUT2D eigenvalue weighted by Gasteiger charge is 2.07. The third-order valence-corrected chi connectivity index (χ3v) is 4.77. The van der Waals surface area contributed by atoms with Crippen LogP contribution in [-0.4, -0.2) is 17.2 Å². The number of carbonyl (C=O) groups excluding carboxylic acids is 1. The number of halogens is 4. The summed E-state index contributed by atoms with van der Waals surface area (Å²) in [4.78, 5) is 11.9. The molecule has 0 spiro atoms. The van der Waals surface area contributed by atoms with Crippen molar-refractivity contribution in [2.24, 2.45) is 5.10 Å². The second kappa shape index (κ2) is 7.63. The fraction of sp³-hybridized carbons (Fsp3) is 0. The maximum absolute atomic E-state index is 11.9. The molecule has 22 heavy (non-hydrogen) atoms. The van der Waals surface area contributed by atoms with Gasteiger partial charge in [0.15, 0.2) is 0 Å². The van der Waals surface area contributed by atoms with Gasteiger partial charge in [-0.2, -0.15) is 5.10 Å². The number of hydrogen-bond donors (Lipinski definition) is 2. The Morgan fingerprint density at radius 2 is 2.00 bits per heavy atom. The van der Waals surface area contributed by atoms with Gasteiger partial charge in [-0.3, -0.25) is 4.79 Å². The highest BCUT2D eigenvalue weighted by molar-refractivity contribution is 14.1. The van der Waals surface area contributed by atoms with Crippen LogP contribution in [0.1, 0.15) is 15.9 Å². The summed E-state index contributed by atoms with van der Waals surface area (Å²) in [6.45, 7) is 0. The number of aromatic hydroxyl groups is 1. The number of hydrazone groups is 1. The molecule has 4 nitrogen and oxygen atoms in total. The molecule has 8 heteroatoms. The van der Waals surface area contributed by atoms with Crippen LogP contribution in [0.5, 0.6) is 5.75 Å². The monoisotopic (exact) mass is 512 g/mol. The number of benzene rings is 2. The van der Waals surface area contributed by atoms with E-state index in [0.717, 1.165) is 5.56 Å². The SMILES string of the molecule is O=C(N/N=C\c1cc(Br)c(O)c(I)c1)c1ccc(Cl)c(Cl)c1. The van der Waals surface area contributed by atoms with Gasteiger partial charge < -0.3 is 5.11 Å². The van der Waals surface area contributed by atoms with Crippen LogP contribution in [0.15, 0.2) is 39.9 Å². The normalized spacial score (nSPS) is 10.9. The maximum atomic E-state index is 11.9. The van der Waals surface area contributed by atoms with Gasteiger partial charge in [0.25, 0.3) is 5.91 Å². The van der Waals surface area contributed by atoms with E-state index in [9.17, 15) is 9.90 Å². The molecule has 2 N–H and O–H groups in total. The van der Waals surface area contributed by atoms with Gasteiger partial charge in [0.05, 0.1) is 24.3 Å². The molecule has 0 atom stereocenters. The van der Waals surface area contributed by atoms with E-state index in [-0.39, 0.29) is 5.75 Å². The number of amides is 1. The molecule has 2 aromatic rings. The quantitative estimate of drug-likeness (QED) is 0.351. The molecule has 114 valence electrons. The van der Waals surface area contributed by atoms with Crippen LogP contribution in [0.25, 0.3) is 0 Å². The summed E-state index contributed by atoms with van der Waals surface area (Å²) in [7, 11) is 0. The number of phenols is 1. The summed E-state index contributed by atoms with van der Waals surface area (Å²) in [5.74, 6) is -0.236. The van der Waals surface area contributed by atoms with Crippen molar-refractivity contribution in [3.8, 4) is 5.75 Å². The van der Waals surface area contributed by atoms with Crippen LogP contribution in [0.2, 0.25) is 10.0 Å². The Labute approximate surface area is 158 Å². The van der Waals surface area contributed by atoms with Gasteiger partial charge >= 0.3 is 0 Å². The molecule has 0 fully saturated rings. The van der Waals surface area contributed by atoms with Gasteiger partial charge in [0.2, 0.25) is 0 Å². The van der Waals surface area contributed by atoms with E-state index in [1.54, 1.807) is 24.3 Å². The fourth-order valence-electron chi connectivity index (χ4n) is 1.53. The minimum absolute atomic E-state index is 0.164. The van der Waals surface area contributed by atoms with Crippen molar-refractivity contribution in [3.05, 3.63) is 59.5 Å². The van der Waals surface area contributed by atoms with Crippen LogP contribution in [-0.2, 0) is 0 Å². The average Bonchev–Trinajstić information content (AvgIpc) is 2.47. The number of hydrogen-bond acceptors (Lipinski definition) is 3. The van der Waals surface area contributed by atoms with Crippen LogP contribution < -0.4 is 5.43 Å². The van der Waals surface area contributed by atoms with E-state index in [1.807, 2.05) is 22.6 Å². The number of carbonyl (C=O) groups is 1. The van der Waals surface area contributed by atoms with Gasteiger partial charge in [-0.25, -0.2) is 5.43 Å². The molecule has 0 saturated carbocycles. The summed E-state index contributed by atoms with van der Waals surface area (Å²) in [5.41, 5.74) is 3.48. The first-order chi connectivity index (χ1) is 10.4. The lowest BCUT2D eigenvalue weighted by atomic mass is 10.2. The summed E-state index contributed by atoms with van der Waals surface area (Å²) in [5, 5.41) is 14.2. The van der Waals surface area contributed by atoms with Crippen molar-refractivity contribution in [1.29, 1.82) is 0 Å². The molecule has 0 aliphatic carbocycles. The first-order valence-corrected chi connectivity index (χ1v) is 8.47. The standard InChI is InChI=1S/C14H8BrCl2IN2O2/c15-9-3-7(4-12(18)13(9)21)6-19-20-14(22)8-1-2-10(16)11(17)5-8/h1-6,21H,(H,20,22)/b19-6-. The molecule has 0 aliphatic rings. The van der Waals surface area contributed by atoms with Gasteiger partial charge in [-0.15, -0.1) is 0 Å². The molecule has 0 aromatic heterocycles. The van der Waals surface area contributed by atoms with E-state index in [4.69, 9.17) is 23.2 Å². The maximum Gasteiger partial charge on any atom is 0.271 e. The van der Waals surface area contributed by atoms with E-state index < -0.39 is 5.91 Å². The molecule has 2 aromatic carbocycles. The zero-order valence-corrected chi connectivity index (χ0v) is 16.0. The number of phenolic OH excluding ortho intramolecular Hbond substituents is 1. The van der Waals surface area contributed by atoms with E-state index in [1.165, 1.54) is 12.3 Å². The number of nitrogens with one attached hydrogen (secondary N) is 1. The van der Waals surface area contributed by atoms with Crippen molar-refractivity contribution in [1.82, 2.24) is 5.43 Å². The van der Waals surface area contributed by atoms with Crippen LogP contribution >= 0.6 is 61.7 Å². The van der Waals surface area contributed by atoms with Crippen molar-refractivity contribution < 1.29 is 9.90 Å². The molecular formula is C14H8BrCl2IN2O2. The Balaban J connectivity index is 2.09. The van der Waals surface area contributed by atoms with Crippen molar-refractivity contribution in [2.75, 3.05) is 0 Å². The molecule has 0 saturated heterocycles. The third-order valence-electron chi connectivity index (χ3n) is 2.60. The zero-order chi connectivity index (χ0) is 16.3. The Bertz CT molecular complexity index is 745. The average molecular weight is 514 g/mol. The number of nitrogens with zero attached hydrogens (tertiary/aromatic N) is 1. The summed E-state index contributed by atoms with van der Waals surface area (Å²) < 4.78 is 1.22. The van der Waals surface area contributed by atoms with Crippen LogP contribution in [0.3, 0.4) is 0 Å².